The van der Waals surface area contributed by atoms with Crippen molar-refractivity contribution in [2.45, 2.75) is 19.0 Å². The predicted octanol–water partition coefficient (Wildman–Crippen LogP) is 1.93. The van der Waals surface area contributed by atoms with Gasteiger partial charge in [0, 0.05) is 0 Å². The lowest BCUT2D eigenvalue weighted by atomic mass is 10.1. The molecule has 1 aromatic heterocycles. The molecule has 0 aliphatic heterocycles. The van der Waals surface area contributed by atoms with Gasteiger partial charge in [0.1, 0.15) is 5.56 Å². The van der Waals surface area contributed by atoms with Crippen molar-refractivity contribution < 1.29 is 31.9 Å². The normalized spacial score (nSPS) is 12.1. The molecule has 0 bridgehead atoms. The first kappa shape index (κ1) is 12.4. The molecule has 90 valence electrons. The number of hydrogen-bond acceptors (Lipinski definition) is 2. The second-order valence-corrected chi connectivity index (χ2v) is 2.82. The molecule has 9 heteroatoms. The number of halogens is 5. The zero-order valence-electron chi connectivity index (χ0n) is 7.48. The Bertz CT molecular complexity index is 398. The van der Waals surface area contributed by atoms with E-state index in [4.69, 9.17) is 5.11 Å². The summed E-state index contributed by atoms with van der Waals surface area (Å²) in [6.45, 7) is 0. The summed E-state index contributed by atoms with van der Waals surface area (Å²) in [5.74, 6) is -1.90. The summed E-state index contributed by atoms with van der Waals surface area (Å²) < 4.78 is 61.0. The van der Waals surface area contributed by atoms with E-state index in [0.29, 0.717) is 0 Å². The van der Waals surface area contributed by atoms with Crippen molar-refractivity contribution in [3.05, 3.63) is 17.0 Å². The highest BCUT2D eigenvalue weighted by Gasteiger charge is 2.41. The van der Waals surface area contributed by atoms with Gasteiger partial charge in [0.15, 0.2) is 5.69 Å². The van der Waals surface area contributed by atoms with E-state index in [1.54, 1.807) is 5.10 Å². The highest BCUT2D eigenvalue weighted by atomic mass is 19.4. The predicted molar refractivity (Wildman–Crippen MR) is 40.3 cm³/mol. The number of aromatic amines is 1. The van der Waals surface area contributed by atoms with Gasteiger partial charge < -0.3 is 5.11 Å². The van der Waals surface area contributed by atoms with Gasteiger partial charge in [0.05, 0.1) is 12.1 Å². The molecule has 0 aliphatic rings. The average molecular weight is 244 g/mol. The third kappa shape index (κ3) is 2.47. The van der Waals surface area contributed by atoms with Gasteiger partial charge in [-0.15, -0.1) is 0 Å². The molecule has 0 unspecified atom stereocenters. The van der Waals surface area contributed by atoms with Crippen LogP contribution in [0.15, 0.2) is 0 Å². The van der Waals surface area contributed by atoms with Gasteiger partial charge in [0.25, 0.3) is 0 Å². The highest BCUT2D eigenvalue weighted by Crippen LogP contribution is 2.34. The molecule has 0 saturated carbocycles. The average Bonchev–Trinajstić information content (AvgIpc) is 2.45. The zero-order chi connectivity index (χ0) is 12.5. The molecule has 0 saturated heterocycles. The van der Waals surface area contributed by atoms with Crippen LogP contribution in [-0.2, 0) is 12.6 Å². The van der Waals surface area contributed by atoms with Crippen LogP contribution < -0.4 is 0 Å². The Labute approximate surface area is 85.1 Å². The largest absolute Gasteiger partial charge is 0.477 e. The Hall–Kier alpha value is -1.67. The topological polar surface area (TPSA) is 66.0 Å². The van der Waals surface area contributed by atoms with E-state index in [0.717, 1.165) is 0 Å². The van der Waals surface area contributed by atoms with Crippen LogP contribution in [0.5, 0.6) is 0 Å². The van der Waals surface area contributed by atoms with Gasteiger partial charge in [-0.1, -0.05) is 0 Å². The van der Waals surface area contributed by atoms with Crippen LogP contribution >= 0.6 is 0 Å². The minimum atomic E-state index is -5.04. The molecule has 0 atom stereocenters. The minimum Gasteiger partial charge on any atom is -0.477 e. The molecule has 1 heterocycles. The summed E-state index contributed by atoms with van der Waals surface area (Å²) in [5.41, 5.74) is -3.89. The lowest BCUT2D eigenvalue weighted by Crippen LogP contribution is -2.14. The van der Waals surface area contributed by atoms with E-state index in [1.807, 2.05) is 0 Å². The van der Waals surface area contributed by atoms with E-state index < -0.39 is 41.9 Å². The third-order valence-corrected chi connectivity index (χ3v) is 1.69. The monoisotopic (exact) mass is 244 g/mol. The maximum Gasteiger partial charge on any atom is 0.420 e. The Morgan fingerprint density at radius 2 is 2.00 bits per heavy atom. The molecule has 0 spiro atoms. The highest BCUT2D eigenvalue weighted by molar-refractivity contribution is 5.87. The maximum atomic E-state index is 12.4. The third-order valence-electron chi connectivity index (χ3n) is 1.69. The Morgan fingerprint density at radius 3 is 2.38 bits per heavy atom. The fraction of sp³-hybridized carbons (Fsp3) is 0.429. The van der Waals surface area contributed by atoms with Crippen molar-refractivity contribution in [2.75, 3.05) is 0 Å². The van der Waals surface area contributed by atoms with E-state index in [9.17, 15) is 26.7 Å². The van der Waals surface area contributed by atoms with E-state index >= 15 is 0 Å². The molecule has 0 aliphatic carbocycles. The molecule has 0 aromatic carbocycles. The number of hydrogen-bond donors (Lipinski definition) is 2. The standard InChI is InChI=1S/C7H5F5N2O2/c8-3(9)1-2-4(7(10,11)12)5(6(15)16)14-13-2/h3H,1H2,(H,13,14)(H,15,16). The number of H-pyrrole nitrogens is 1. The van der Waals surface area contributed by atoms with Gasteiger partial charge in [-0.05, 0) is 0 Å². The number of nitrogens with zero attached hydrogens (tertiary/aromatic N) is 1. The van der Waals surface area contributed by atoms with Crippen molar-refractivity contribution in [3.63, 3.8) is 0 Å². The van der Waals surface area contributed by atoms with Crippen molar-refractivity contribution >= 4 is 5.97 Å². The number of alkyl halides is 5. The number of rotatable bonds is 3. The molecule has 0 fully saturated rings. The first-order valence-corrected chi connectivity index (χ1v) is 3.89. The molecule has 1 rings (SSSR count). The second kappa shape index (κ2) is 4.06. The van der Waals surface area contributed by atoms with Crippen molar-refractivity contribution in [1.29, 1.82) is 0 Å². The molecule has 2 N–H and O–H groups in total. The van der Waals surface area contributed by atoms with E-state index in [1.165, 1.54) is 0 Å². The van der Waals surface area contributed by atoms with E-state index in [-0.39, 0.29) is 0 Å². The number of aromatic nitrogens is 2. The number of carboxylic acid groups (broad SMARTS) is 1. The molecule has 4 nitrogen and oxygen atoms in total. The fourth-order valence-electron chi connectivity index (χ4n) is 1.13. The van der Waals surface area contributed by atoms with Crippen molar-refractivity contribution in [2.24, 2.45) is 0 Å². The Balaban J connectivity index is 3.25. The van der Waals surface area contributed by atoms with Gasteiger partial charge in [0.2, 0.25) is 6.43 Å². The number of carboxylic acids is 1. The minimum absolute atomic E-state index is 1.00. The summed E-state index contributed by atoms with van der Waals surface area (Å²) >= 11 is 0. The summed E-state index contributed by atoms with van der Waals surface area (Å²) in [5, 5.41) is 12.9. The van der Waals surface area contributed by atoms with Crippen molar-refractivity contribution in [3.8, 4) is 0 Å². The maximum absolute atomic E-state index is 12.4. The zero-order valence-corrected chi connectivity index (χ0v) is 7.48. The molecular weight excluding hydrogens is 239 g/mol. The van der Waals surface area contributed by atoms with Crippen LogP contribution in [0.25, 0.3) is 0 Å². The van der Waals surface area contributed by atoms with Crippen LogP contribution in [0, 0.1) is 0 Å². The first-order chi connectivity index (χ1) is 7.23. The quantitative estimate of drug-likeness (QED) is 0.798. The molecule has 0 amide bonds. The van der Waals surface area contributed by atoms with Gasteiger partial charge in [-0.3, -0.25) is 5.10 Å². The Morgan fingerprint density at radius 1 is 1.44 bits per heavy atom. The number of carbonyl (C=O) groups is 1. The molecule has 1 aromatic rings. The fourth-order valence-corrected chi connectivity index (χ4v) is 1.13. The molecule has 0 radical (unpaired) electrons. The van der Waals surface area contributed by atoms with Gasteiger partial charge >= 0.3 is 12.1 Å². The van der Waals surface area contributed by atoms with Crippen LogP contribution in [-0.4, -0.2) is 27.7 Å². The van der Waals surface area contributed by atoms with E-state index in [2.05, 4.69) is 5.10 Å². The van der Waals surface area contributed by atoms with Crippen LogP contribution in [0.1, 0.15) is 21.7 Å². The number of nitrogens with one attached hydrogen (secondary N) is 1. The van der Waals surface area contributed by atoms with Gasteiger partial charge in [-0.2, -0.15) is 18.3 Å². The summed E-state index contributed by atoms with van der Waals surface area (Å²) in [6, 6.07) is 0. The van der Waals surface area contributed by atoms with Crippen LogP contribution in [0.2, 0.25) is 0 Å². The first-order valence-electron chi connectivity index (χ1n) is 3.89. The lowest BCUT2D eigenvalue weighted by molar-refractivity contribution is -0.138. The smallest absolute Gasteiger partial charge is 0.420 e. The number of aromatic carboxylic acids is 1. The van der Waals surface area contributed by atoms with Crippen LogP contribution in [0.3, 0.4) is 0 Å². The summed E-state index contributed by atoms with van der Waals surface area (Å²) in [7, 11) is 0. The summed E-state index contributed by atoms with van der Waals surface area (Å²) in [6.07, 6.45) is -9.32. The SMILES string of the molecule is O=C(O)c1[nH]nc(CC(F)F)c1C(F)(F)F. The second-order valence-electron chi connectivity index (χ2n) is 2.82. The molecule has 16 heavy (non-hydrogen) atoms. The van der Waals surface area contributed by atoms with Crippen molar-refractivity contribution in [1.82, 2.24) is 10.2 Å². The van der Waals surface area contributed by atoms with Crippen LogP contribution in [0.4, 0.5) is 22.0 Å². The van der Waals surface area contributed by atoms with Gasteiger partial charge in [-0.25, -0.2) is 13.6 Å². The summed E-state index contributed by atoms with van der Waals surface area (Å²) in [4.78, 5) is 10.4. The molecular formula is C7H5F5N2O2. The Kier molecular flexibility index (Phi) is 3.15. The lowest BCUT2D eigenvalue weighted by Gasteiger charge is -2.07.